The number of hydrogen-bond donors (Lipinski definition) is 2. The summed E-state index contributed by atoms with van der Waals surface area (Å²) in [5.74, 6) is 0. The first-order chi connectivity index (χ1) is 6.70. The van der Waals surface area contributed by atoms with Gasteiger partial charge in [0.15, 0.2) is 0 Å². The van der Waals surface area contributed by atoms with Crippen molar-refractivity contribution in [1.82, 2.24) is 5.32 Å². The van der Waals surface area contributed by atoms with Gasteiger partial charge >= 0.3 is 6.09 Å². The Hall–Kier alpha value is -1.22. The zero-order chi connectivity index (χ0) is 10.4. The second kappa shape index (κ2) is 5.50. The van der Waals surface area contributed by atoms with Gasteiger partial charge in [0.1, 0.15) is 0 Å². The van der Waals surface area contributed by atoms with E-state index in [-0.39, 0.29) is 0 Å². The van der Waals surface area contributed by atoms with Crippen molar-refractivity contribution in [2.75, 3.05) is 6.54 Å². The molecule has 0 aliphatic carbocycles. The summed E-state index contributed by atoms with van der Waals surface area (Å²) in [5, 5.41) is 11.4. The van der Waals surface area contributed by atoms with Crippen molar-refractivity contribution in [3.63, 3.8) is 0 Å². The molecule has 0 fully saturated rings. The zero-order valence-electron chi connectivity index (χ0n) is 7.66. The fourth-order valence-electron chi connectivity index (χ4n) is 1.18. The van der Waals surface area contributed by atoms with Crippen LogP contribution in [0.15, 0.2) is 24.3 Å². The van der Waals surface area contributed by atoms with Gasteiger partial charge in [-0.25, -0.2) is 4.79 Å². The normalized spacial score (nSPS) is 9.79. The number of halogens is 1. The highest BCUT2D eigenvalue weighted by molar-refractivity contribution is 6.31. The van der Waals surface area contributed by atoms with Crippen molar-refractivity contribution in [1.29, 1.82) is 0 Å². The highest BCUT2D eigenvalue weighted by atomic mass is 35.5. The van der Waals surface area contributed by atoms with E-state index in [0.29, 0.717) is 6.54 Å². The van der Waals surface area contributed by atoms with E-state index in [1.54, 1.807) is 0 Å². The molecule has 0 aliphatic rings. The van der Waals surface area contributed by atoms with Crippen LogP contribution in [0.5, 0.6) is 0 Å². The molecule has 14 heavy (non-hydrogen) atoms. The molecule has 0 aromatic heterocycles. The molecule has 1 rings (SSSR count). The van der Waals surface area contributed by atoms with Gasteiger partial charge in [-0.05, 0) is 24.5 Å². The second-order valence-electron chi connectivity index (χ2n) is 2.93. The average molecular weight is 214 g/mol. The van der Waals surface area contributed by atoms with E-state index < -0.39 is 6.09 Å². The standard InChI is InChI=1S/C10H12ClNO2/c11-9-6-2-1-4-8(9)5-3-7-12-10(13)14/h1-2,4,6,12H,3,5,7H2,(H,13,14). The van der Waals surface area contributed by atoms with Crippen LogP contribution < -0.4 is 5.32 Å². The average Bonchev–Trinajstić information content (AvgIpc) is 2.15. The molecule has 0 bridgehead atoms. The molecular weight excluding hydrogens is 202 g/mol. The molecule has 3 nitrogen and oxygen atoms in total. The number of benzene rings is 1. The fraction of sp³-hybridized carbons (Fsp3) is 0.300. The van der Waals surface area contributed by atoms with Gasteiger partial charge in [0.25, 0.3) is 0 Å². The molecule has 1 aromatic carbocycles. The summed E-state index contributed by atoms with van der Waals surface area (Å²) in [4.78, 5) is 10.1. The van der Waals surface area contributed by atoms with Gasteiger partial charge in [0, 0.05) is 11.6 Å². The molecule has 4 heteroatoms. The van der Waals surface area contributed by atoms with Crippen LogP contribution in [0.2, 0.25) is 5.02 Å². The lowest BCUT2D eigenvalue weighted by atomic mass is 10.1. The van der Waals surface area contributed by atoms with Crippen LogP contribution in [0.1, 0.15) is 12.0 Å². The predicted octanol–water partition coefficient (Wildman–Crippen LogP) is 2.54. The molecule has 76 valence electrons. The van der Waals surface area contributed by atoms with Gasteiger partial charge in [-0.1, -0.05) is 29.8 Å². The van der Waals surface area contributed by atoms with Gasteiger partial charge in [0.05, 0.1) is 0 Å². The van der Waals surface area contributed by atoms with Gasteiger partial charge in [-0.2, -0.15) is 0 Å². The topological polar surface area (TPSA) is 49.3 Å². The Labute approximate surface area is 87.7 Å². The first-order valence-electron chi connectivity index (χ1n) is 4.40. The monoisotopic (exact) mass is 213 g/mol. The molecule has 0 heterocycles. The minimum atomic E-state index is -0.982. The van der Waals surface area contributed by atoms with E-state index in [0.717, 1.165) is 23.4 Å². The number of amides is 1. The summed E-state index contributed by atoms with van der Waals surface area (Å²) in [6.07, 6.45) is 0.569. The molecule has 0 saturated heterocycles. The lowest BCUT2D eigenvalue weighted by molar-refractivity contribution is 0.194. The lowest BCUT2D eigenvalue weighted by Gasteiger charge is -2.03. The Morgan fingerprint density at radius 1 is 1.43 bits per heavy atom. The van der Waals surface area contributed by atoms with Crippen molar-refractivity contribution < 1.29 is 9.90 Å². The van der Waals surface area contributed by atoms with Gasteiger partial charge < -0.3 is 10.4 Å². The molecule has 0 spiro atoms. The van der Waals surface area contributed by atoms with Gasteiger partial charge in [0.2, 0.25) is 0 Å². The summed E-state index contributed by atoms with van der Waals surface area (Å²) < 4.78 is 0. The van der Waals surface area contributed by atoms with Gasteiger partial charge in [-0.15, -0.1) is 0 Å². The molecule has 0 atom stereocenters. The van der Waals surface area contributed by atoms with Crippen molar-refractivity contribution in [2.24, 2.45) is 0 Å². The highest BCUT2D eigenvalue weighted by Crippen LogP contribution is 2.15. The maximum absolute atomic E-state index is 10.1. The lowest BCUT2D eigenvalue weighted by Crippen LogP contribution is -2.22. The minimum absolute atomic E-state index is 0.459. The Kier molecular flexibility index (Phi) is 4.26. The molecule has 1 aromatic rings. The molecule has 1 amide bonds. The third-order valence-corrected chi connectivity index (χ3v) is 2.23. The summed E-state index contributed by atoms with van der Waals surface area (Å²) >= 11 is 5.93. The third-order valence-electron chi connectivity index (χ3n) is 1.86. The maximum Gasteiger partial charge on any atom is 0.404 e. The Morgan fingerprint density at radius 3 is 2.79 bits per heavy atom. The molecular formula is C10H12ClNO2. The summed E-state index contributed by atoms with van der Waals surface area (Å²) in [6.45, 7) is 0.459. The summed E-state index contributed by atoms with van der Waals surface area (Å²) in [6, 6.07) is 7.58. The number of aryl methyl sites for hydroxylation is 1. The SMILES string of the molecule is O=C(O)NCCCc1ccccc1Cl. The van der Waals surface area contributed by atoms with E-state index >= 15 is 0 Å². The van der Waals surface area contributed by atoms with Crippen molar-refractivity contribution >= 4 is 17.7 Å². The number of rotatable bonds is 4. The van der Waals surface area contributed by atoms with E-state index in [9.17, 15) is 4.79 Å². The van der Waals surface area contributed by atoms with E-state index in [2.05, 4.69) is 5.32 Å². The largest absolute Gasteiger partial charge is 0.465 e. The van der Waals surface area contributed by atoms with Crippen molar-refractivity contribution in [3.8, 4) is 0 Å². The van der Waals surface area contributed by atoms with Crippen LogP contribution in [0, 0.1) is 0 Å². The van der Waals surface area contributed by atoms with Crippen LogP contribution in [0.3, 0.4) is 0 Å². The summed E-state index contributed by atoms with van der Waals surface area (Å²) in [7, 11) is 0. The first kappa shape index (κ1) is 10.9. The number of carbonyl (C=O) groups is 1. The molecule has 0 saturated carbocycles. The zero-order valence-corrected chi connectivity index (χ0v) is 8.42. The fourth-order valence-corrected chi connectivity index (χ4v) is 1.41. The highest BCUT2D eigenvalue weighted by Gasteiger charge is 1.99. The smallest absolute Gasteiger partial charge is 0.404 e. The van der Waals surface area contributed by atoms with Crippen LogP contribution in [0.25, 0.3) is 0 Å². The Balaban J connectivity index is 2.31. The molecule has 0 unspecified atom stereocenters. The number of nitrogens with one attached hydrogen (secondary N) is 1. The van der Waals surface area contributed by atoms with E-state index in [1.807, 2.05) is 24.3 Å². The van der Waals surface area contributed by atoms with Crippen LogP contribution in [0.4, 0.5) is 4.79 Å². The first-order valence-corrected chi connectivity index (χ1v) is 4.78. The number of hydrogen-bond acceptors (Lipinski definition) is 1. The third kappa shape index (κ3) is 3.66. The predicted molar refractivity (Wildman–Crippen MR) is 55.8 cm³/mol. The Morgan fingerprint density at radius 2 is 2.14 bits per heavy atom. The summed E-state index contributed by atoms with van der Waals surface area (Å²) in [5.41, 5.74) is 1.06. The molecule has 2 N–H and O–H groups in total. The minimum Gasteiger partial charge on any atom is -0.465 e. The van der Waals surface area contributed by atoms with Crippen LogP contribution >= 0.6 is 11.6 Å². The van der Waals surface area contributed by atoms with E-state index in [4.69, 9.17) is 16.7 Å². The molecule has 0 aliphatic heterocycles. The van der Waals surface area contributed by atoms with Crippen molar-refractivity contribution in [2.45, 2.75) is 12.8 Å². The number of carboxylic acid groups (broad SMARTS) is 1. The molecule has 0 radical (unpaired) electrons. The van der Waals surface area contributed by atoms with E-state index in [1.165, 1.54) is 0 Å². The second-order valence-corrected chi connectivity index (χ2v) is 3.33. The van der Waals surface area contributed by atoms with Crippen LogP contribution in [-0.4, -0.2) is 17.7 Å². The van der Waals surface area contributed by atoms with Crippen LogP contribution in [-0.2, 0) is 6.42 Å². The maximum atomic E-state index is 10.1. The van der Waals surface area contributed by atoms with Gasteiger partial charge in [-0.3, -0.25) is 0 Å². The van der Waals surface area contributed by atoms with Crippen molar-refractivity contribution in [3.05, 3.63) is 34.9 Å². The Bertz CT molecular complexity index is 315. The quantitative estimate of drug-likeness (QED) is 0.756.